The molecule has 0 saturated carbocycles. The van der Waals surface area contributed by atoms with Gasteiger partial charge in [0.15, 0.2) is 0 Å². The molecule has 3 rings (SSSR count). The fourth-order valence-electron chi connectivity index (χ4n) is 4.34. The molecule has 0 aliphatic rings. The van der Waals surface area contributed by atoms with Gasteiger partial charge in [0, 0.05) is 17.8 Å². The van der Waals surface area contributed by atoms with E-state index in [9.17, 15) is 4.79 Å². The van der Waals surface area contributed by atoms with Crippen LogP contribution in [0, 0.1) is 0 Å². The summed E-state index contributed by atoms with van der Waals surface area (Å²) in [5.41, 5.74) is 9.76. The van der Waals surface area contributed by atoms with Gasteiger partial charge in [-0.15, -0.1) is 0 Å². The Kier molecular flexibility index (Phi) is 8.56. The molecule has 0 atom stereocenters. The van der Waals surface area contributed by atoms with Gasteiger partial charge in [-0.2, -0.15) is 0 Å². The predicted octanol–water partition coefficient (Wildman–Crippen LogP) is 7.81. The molecular weight excluding hydrogens is 476 g/mol. The van der Waals surface area contributed by atoms with Crippen LogP contribution in [0.4, 0.5) is 5.69 Å². The first kappa shape index (κ1) is 24.8. The molecule has 174 valence electrons. The minimum absolute atomic E-state index is 0.259. The smallest absolute Gasteiger partial charge is 0.248 e. The van der Waals surface area contributed by atoms with Crippen molar-refractivity contribution < 1.29 is 9.53 Å². The van der Waals surface area contributed by atoms with Crippen molar-refractivity contribution in [1.29, 1.82) is 0 Å². The molecule has 0 aliphatic carbocycles. The van der Waals surface area contributed by atoms with E-state index in [2.05, 4.69) is 78.4 Å². The zero-order valence-electron chi connectivity index (χ0n) is 19.7. The average Bonchev–Trinajstić information content (AvgIpc) is 2.83. The molecule has 5 heteroatoms. The molecule has 0 heterocycles. The first-order valence-electron chi connectivity index (χ1n) is 11.6. The summed E-state index contributed by atoms with van der Waals surface area (Å²) in [6.45, 7) is 7.60. The monoisotopic (exact) mass is 508 g/mol. The molecule has 0 radical (unpaired) electrons. The first-order chi connectivity index (χ1) is 15.9. The van der Waals surface area contributed by atoms with Gasteiger partial charge in [-0.3, -0.25) is 4.79 Å². The lowest BCUT2D eigenvalue weighted by atomic mass is 9.72. The van der Waals surface area contributed by atoms with Gasteiger partial charge in [0.05, 0.1) is 4.47 Å². The Balaban J connectivity index is 1.65. The normalized spacial score (nSPS) is 11.3. The van der Waals surface area contributed by atoms with Crippen molar-refractivity contribution in [2.24, 2.45) is 5.73 Å². The van der Waals surface area contributed by atoms with E-state index in [1.165, 1.54) is 24.0 Å². The molecular formula is C28H33BrN2O2. The highest BCUT2D eigenvalue weighted by Crippen LogP contribution is 2.37. The molecule has 0 saturated heterocycles. The van der Waals surface area contributed by atoms with E-state index in [1.54, 1.807) is 18.2 Å². The maximum atomic E-state index is 11.3. The van der Waals surface area contributed by atoms with Crippen LogP contribution >= 0.6 is 15.9 Å². The lowest BCUT2D eigenvalue weighted by Gasteiger charge is -2.32. The largest absolute Gasteiger partial charge is 0.456 e. The second-order valence-electron chi connectivity index (χ2n) is 8.43. The van der Waals surface area contributed by atoms with Gasteiger partial charge in [-0.1, -0.05) is 51.5 Å². The highest BCUT2D eigenvalue weighted by atomic mass is 79.9. The molecule has 1 amide bonds. The summed E-state index contributed by atoms with van der Waals surface area (Å²) in [6.07, 6.45) is 4.72. The van der Waals surface area contributed by atoms with E-state index < -0.39 is 5.91 Å². The fourth-order valence-corrected chi connectivity index (χ4v) is 4.80. The standard InChI is InChI=1S/C28H33BrN2O2/c1-4-16-28(5-2,6-3)22-8-7-9-23(18-22)31-19-20-10-13-24(14-11-20)33-26-15-12-21(27(30)32)17-25(26)29/h7-15,17-18,31H,4-6,16,19H2,1-3H3,(H2,30,32). The number of anilines is 1. The number of hydrogen-bond acceptors (Lipinski definition) is 3. The number of rotatable bonds is 11. The quantitative estimate of drug-likeness (QED) is 0.277. The summed E-state index contributed by atoms with van der Waals surface area (Å²) >= 11 is 3.43. The summed E-state index contributed by atoms with van der Waals surface area (Å²) in [7, 11) is 0. The number of benzene rings is 3. The van der Waals surface area contributed by atoms with Gasteiger partial charge >= 0.3 is 0 Å². The molecule has 4 nitrogen and oxygen atoms in total. The topological polar surface area (TPSA) is 64.3 Å². The highest BCUT2D eigenvalue weighted by molar-refractivity contribution is 9.10. The maximum Gasteiger partial charge on any atom is 0.248 e. The number of halogens is 1. The van der Waals surface area contributed by atoms with E-state index in [4.69, 9.17) is 10.5 Å². The SMILES string of the molecule is CCCC(CC)(CC)c1cccc(NCc2ccc(Oc3ccc(C(N)=O)cc3Br)cc2)c1. The lowest BCUT2D eigenvalue weighted by Crippen LogP contribution is -2.24. The number of primary amides is 1. The summed E-state index contributed by atoms with van der Waals surface area (Å²) in [5, 5.41) is 3.57. The average molecular weight is 509 g/mol. The summed E-state index contributed by atoms with van der Waals surface area (Å²) < 4.78 is 6.63. The van der Waals surface area contributed by atoms with E-state index in [-0.39, 0.29) is 5.41 Å². The first-order valence-corrected chi connectivity index (χ1v) is 12.4. The number of carbonyl (C=O) groups excluding carboxylic acids is 1. The van der Waals surface area contributed by atoms with E-state index in [1.807, 2.05) is 12.1 Å². The third-order valence-electron chi connectivity index (χ3n) is 6.42. The number of ether oxygens (including phenoxy) is 1. The van der Waals surface area contributed by atoms with Crippen LogP contribution in [0.25, 0.3) is 0 Å². The summed E-state index contributed by atoms with van der Waals surface area (Å²) in [6, 6.07) is 21.9. The Morgan fingerprint density at radius 1 is 1.00 bits per heavy atom. The third-order valence-corrected chi connectivity index (χ3v) is 7.04. The molecule has 0 fully saturated rings. The lowest BCUT2D eigenvalue weighted by molar-refractivity contribution is 0.1000. The van der Waals surface area contributed by atoms with E-state index in [0.717, 1.165) is 30.8 Å². The molecule has 0 aromatic heterocycles. The van der Waals surface area contributed by atoms with Crippen LogP contribution in [0.1, 0.15) is 67.9 Å². The van der Waals surface area contributed by atoms with Crippen molar-refractivity contribution >= 4 is 27.5 Å². The number of nitrogens with two attached hydrogens (primary N) is 1. The van der Waals surface area contributed by atoms with Gasteiger partial charge in [-0.25, -0.2) is 0 Å². The van der Waals surface area contributed by atoms with Crippen molar-refractivity contribution in [1.82, 2.24) is 0 Å². The Labute approximate surface area is 205 Å². The number of carbonyl (C=O) groups is 1. The second kappa shape index (κ2) is 11.4. The van der Waals surface area contributed by atoms with Crippen LogP contribution in [0.15, 0.2) is 71.2 Å². The molecule has 33 heavy (non-hydrogen) atoms. The van der Waals surface area contributed by atoms with Crippen LogP contribution in [-0.2, 0) is 12.0 Å². The molecule has 3 aromatic carbocycles. The summed E-state index contributed by atoms with van der Waals surface area (Å²) in [5.74, 6) is 0.888. The van der Waals surface area contributed by atoms with Crippen molar-refractivity contribution in [3.05, 3.63) is 87.9 Å². The van der Waals surface area contributed by atoms with Crippen LogP contribution in [0.5, 0.6) is 11.5 Å². The van der Waals surface area contributed by atoms with Crippen molar-refractivity contribution in [2.75, 3.05) is 5.32 Å². The van der Waals surface area contributed by atoms with Gasteiger partial charge in [0.2, 0.25) is 5.91 Å². The maximum absolute atomic E-state index is 11.3. The number of amides is 1. The number of nitrogens with one attached hydrogen (secondary N) is 1. The minimum atomic E-state index is -0.468. The minimum Gasteiger partial charge on any atom is -0.456 e. The molecule has 3 aromatic rings. The molecule has 0 unspecified atom stereocenters. The van der Waals surface area contributed by atoms with Crippen LogP contribution < -0.4 is 15.8 Å². The van der Waals surface area contributed by atoms with Crippen molar-refractivity contribution in [3.63, 3.8) is 0 Å². The van der Waals surface area contributed by atoms with E-state index in [0.29, 0.717) is 15.8 Å². The highest BCUT2D eigenvalue weighted by Gasteiger charge is 2.27. The second-order valence-corrected chi connectivity index (χ2v) is 9.28. The van der Waals surface area contributed by atoms with Gasteiger partial charge in [0.25, 0.3) is 0 Å². The third kappa shape index (κ3) is 6.17. The Bertz CT molecular complexity index is 1080. The summed E-state index contributed by atoms with van der Waals surface area (Å²) in [4.78, 5) is 11.3. The van der Waals surface area contributed by atoms with Gasteiger partial charge < -0.3 is 15.8 Å². The zero-order valence-corrected chi connectivity index (χ0v) is 21.2. The number of hydrogen-bond donors (Lipinski definition) is 2. The molecule has 0 aliphatic heterocycles. The molecule has 0 spiro atoms. The van der Waals surface area contributed by atoms with Crippen LogP contribution in [0.2, 0.25) is 0 Å². The van der Waals surface area contributed by atoms with Gasteiger partial charge in [0.1, 0.15) is 11.5 Å². The van der Waals surface area contributed by atoms with Crippen LogP contribution in [-0.4, -0.2) is 5.91 Å². The fraction of sp³-hybridized carbons (Fsp3) is 0.321. The van der Waals surface area contributed by atoms with Crippen LogP contribution in [0.3, 0.4) is 0 Å². The molecule has 3 N–H and O–H groups in total. The predicted molar refractivity (Wildman–Crippen MR) is 140 cm³/mol. The Morgan fingerprint density at radius 3 is 2.33 bits per heavy atom. The Hall–Kier alpha value is -2.79. The zero-order chi connectivity index (χ0) is 23.8. The van der Waals surface area contributed by atoms with E-state index >= 15 is 0 Å². The van der Waals surface area contributed by atoms with Crippen molar-refractivity contribution in [2.45, 2.75) is 58.4 Å². The van der Waals surface area contributed by atoms with Gasteiger partial charge in [-0.05, 0) is 94.2 Å². The Morgan fingerprint density at radius 2 is 1.73 bits per heavy atom. The van der Waals surface area contributed by atoms with Crippen molar-refractivity contribution in [3.8, 4) is 11.5 Å². The molecule has 0 bridgehead atoms.